The van der Waals surface area contributed by atoms with Gasteiger partial charge in [-0.1, -0.05) is 0 Å². The molecule has 2 fully saturated rings. The van der Waals surface area contributed by atoms with Crippen LogP contribution in [0.4, 0.5) is 4.79 Å². The number of carbonyl (C=O) groups excluding carboxylic acids is 1. The van der Waals surface area contributed by atoms with Crippen LogP contribution in [0, 0.1) is 23.2 Å². The summed E-state index contributed by atoms with van der Waals surface area (Å²) in [5, 5.41) is 8.85. The van der Waals surface area contributed by atoms with Crippen LogP contribution in [0.5, 0.6) is 0 Å². The van der Waals surface area contributed by atoms with Crippen molar-refractivity contribution in [3.8, 4) is 6.07 Å². The van der Waals surface area contributed by atoms with E-state index in [0.717, 1.165) is 25.2 Å². The van der Waals surface area contributed by atoms with Gasteiger partial charge in [0, 0.05) is 45.0 Å². The number of aromatic nitrogens is 1. The molecule has 2 aliphatic rings. The maximum absolute atomic E-state index is 12.5. The zero-order valence-corrected chi connectivity index (χ0v) is 19.3. The second kappa shape index (κ2) is 10.3. The number of pyridine rings is 1. The number of amides is 1. The molecule has 0 radical (unpaired) electrons. The maximum Gasteiger partial charge on any atom is 0.409 e. The predicted octanol–water partition coefficient (Wildman–Crippen LogP) is 2.36. The van der Waals surface area contributed by atoms with Crippen LogP contribution in [0.25, 0.3) is 0 Å². The van der Waals surface area contributed by atoms with E-state index in [4.69, 9.17) is 10.00 Å². The van der Waals surface area contributed by atoms with E-state index >= 15 is 0 Å². The Labute approximate surface area is 194 Å². The van der Waals surface area contributed by atoms with Gasteiger partial charge >= 0.3 is 6.09 Å². The first-order valence-corrected chi connectivity index (χ1v) is 12.9. The van der Waals surface area contributed by atoms with Gasteiger partial charge in [0.2, 0.25) is 0 Å². The summed E-state index contributed by atoms with van der Waals surface area (Å²) in [6, 6.07) is 11.9. The predicted molar refractivity (Wildman–Crippen MR) is 122 cm³/mol. The number of likely N-dealkylation sites (tertiary alicyclic amines) is 2. The number of hydrogen-bond acceptors (Lipinski definition) is 7. The first kappa shape index (κ1) is 23.2. The number of rotatable bonds is 8. The molecule has 0 N–H and O–H groups in total. The van der Waals surface area contributed by atoms with E-state index in [1.807, 2.05) is 18.2 Å². The smallest absolute Gasteiger partial charge is 0.409 e. The second-order valence-electron chi connectivity index (χ2n) is 8.71. The molecule has 33 heavy (non-hydrogen) atoms. The normalized spacial score (nSPS) is 20.4. The standard InChI is InChI=1S/C24H28N4O4S/c25-14-20-2-4-23(5-3-20)33(30,31)13-1-11-27-15-21-17-28(18-22(21)16-27)24(29)32-12-8-19-6-9-26-10-7-19/h2-7,9-10,21-22H,1,8,11-13,15-18H2. The van der Waals surface area contributed by atoms with Gasteiger partial charge in [-0.3, -0.25) is 4.98 Å². The molecule has 3 heterocycles. The van der Waals surface area contributed by atoms with Crippen molar-refractivity contribution in [1.82, 2.24) is 14.8 Å². The van der Waals surface area contributed by atoms with Gasteiger partial charge in [-0.05, 0) is 66.8 Å². The van der Waals surface area contributed by atoms with E-state index in [2.05, 4.69) is 9.88 Å². The fourth-order valence-electron chi connectivity index (χ4n) is 4.65. The molecule has 0 spiro atoms. The minimum Gasteiger partial charge on any atom is -0.449 e. The molecule has 2 aliphatic heterocycles. The number of hydrogen-bond donors (Lipinski definition) is 0. The highest BCUT2D eigenvalue weighted by atomic mass is 32.2. The summed E-state index contributed by atoms with van der Waals surface area (Å²) in [6.07, 6.45) is 4.44. The van der Waals surface area contributed by atoms with Crippen LogP contribution in [-0.2, 0) is 21.0 Å². The minimum absolute atomic E-state index is 0.0840. The monoisotopic (exact) mass is 468 g/mol. The first-order valence-electron chi connectivity index (χ1n) is 11.2. The first-order chi connectivity index (χ1) is 15.9. The highest BCUT2D eigenvalue weighted by Gasteiger charge is 2.41. The highest BCUT2D eigenvalue weighted by molar-refractivity contribution is 7.91. The van der Waals surface area contributed by atoms with Crippen molar-refractivity contribution in [2.75, 3.05) is 45.1 Å². The zero-order valence-electron chi connectivity index (χ0n) is 18.5. The molecule has 174 valence electrons. The summed E-state index contributed by atoms with van der Waals surface area (Å²) >= 11 is 0. The van der Waals surface area contributed by atoms with Crippen molar-refractivity contribution in [1.29, 1.82) is 5.26 Å². The van der Waals surface area contributed by atoms with E-state index in [9.17, 15) is 13.2 Å². The second-order valence-corrected chi connectivity index (χ2v) is 10.8. The SMILES string of the molecule is N#Cc1ccc(S(=O)(=O)CCCN2CC3CN(C(=O)OCCc4ccncc4)CC3C2)cc1. The third kappa shape index (κ3) is 5.89. The Kier molecular flexibility index (Phi) is 7.26. The van der Waals surface area contributed by atoms with E-state index in [1.165, 1.54) is 24.3 Å². The molecule has 0 saturated carbocycles. The summed E-state index contributed by atoms with van der Waals surface area (Å²) in [7, 11) is -3.35. The molecule has 4 rings (SSSR count). The summed E-state index contributed by atoms with van der Waals surface area (Å²) in [5.41, 5.74) is 1.54. The largest absolute Gasteiger partial charge is 0.449 e. The van der Waals surface area contributed by atoms with Crippen molar-refractivity contribution in [3.63, 3.8) is 0 Å². The van der Waals surface area contributed by atoms with Crippen LogP contribution in [-0.4, -0.2) is 74.4 Å². The van der Waals surface area contributed by atoms with Gasteiger partial charge in [-0.2, -0.15) is 5.26 Å². The Balaban J connectivity index is 1.16. The topological polar surface area (TPSA) is 104 Å². The molecule has 2 atom stereocenters. The van der Waals surface area contributed by atoms with Gasteiger partial charge in [0.25, 0.3) is 0 Å². The van der Waals surface area contributed by atoms with Crippen LogP contribution in [0.3, 0.4) is 0 Å². The number of nitrogens with zero attached hydrogens (tertiary/aromatic N) is 4. The lowest BCUT2D eigenvalue weighted by atomic mass is 10.0. The number of fused-ring (bicyclic) bond motifs is 1. The summed E-state index contributed by atoms with van der Waals surface area (Å²) in [4.78, 5) is 20.7. The molecule has 1 aromatic heterocycles. The summed E-state index contributed by atoms with van der Waals surface area (Å²) in [6.45, 7) is 4.22. The van der Waals surface area contributed by atoms with E-state index in [-0.39, 0.29) is 16.7 Å². The number of sulfone groups is 1. The fourth-order valence-corrected chi connectivity index (χ4v) is 5.95. The van der Waals surface area contributed by atoms with Gasteiger partial charge in [-0.25, -0.2) is 13.2 Å². The molecule has 2 saturated heterocycles. The lowest BCUT2D eigenvalue weighted by molar-refractivity contribution is 0.107. The van der Waals surface area contributed by atoms with Gasteiger partial charge in [0.1, 0.15) is 0 Å². The maximum atomic E-state index is 12.5. The van der Waals surface area contributed by atoms with Crippen molar-refractivity contribution >= 4 is 15.9 Å². The summed E-state index contributed by atoms with van der Waals surface area (Å²) in [5.74, 6) is 0.904. The molecule has 1 amide bonds. The Hall–Kier alpha value is -2.96. The van der Waals surface area contributed by atoms with Crippen molar-refractivity contribution in [3.05, 3.63) is 59.9 Å². The molecule has 0 bridgehead atoms. The molecular weight excluding hydrogens is 440 g/mol. The molecule has 2 aromatic rings. The zero-order chi connectivity index (χ0) is 23.3. The Bertz CT molecular complexity index is 1090. The van der Waals surface area contributed by atoms with Crippen LogP contribution < -0.4 is 0 Å². The fraction of sp³-hybridized carbons (Fsp3) is 0.458. The number of ether oxygens (including phenoxy) is 1. The molecule has 0 aliphatic carbocycles. The highest BCUT2D eigenvalue weighted by Crippen LogP contribution is 2.31. The minimum atomic E-state index is -3.35. The lowest BCUT2D eigenvalue weighted by Crippen LogP contribution is -2.34. The van der Waals surface area contributed by atoms with Gasteiger partial charge in [-0.15, -0.1) is 0 Å². The average molecular weight is 469 g/mol. The number of nitriles is 1. The third-order valence-corrected chi connectivity index (χ3v) is 8.23. The van der Waals surface area contributed by atoms with Gasteiger partial charge in [0.05, 0.1) is 28.9 Å². The van der Waals surface area contributed by atoms with E-state index in [1.54, 1.807) is 17.3 Å². The molecule has 2 unspecified atom stereocenters. The van der Waals surface area contributed by atoms with Gasteiger partial charge in [0.15, 0.2) is 9.84 Å². The van der Waals surface area contributed by atoms with Crippen molar-refractivity contribution < 1.29 is 17.9 Å². The Morgan fingerprint density at radius 1 is 1.06 bits per heavy atom. The average Bonchev–Trinajstić information content (AvgIpc) is 3.39. The Morgan fingerprint density at radius 3 is 2.36 bits per heavy atom. The van der Waals surface area contributed by atoms with Crippen LogP contribution in [0.15, 0.2) is 53.7 Å². The summed E-state index contributed by atoms with van der Waals surface area (Å²) < 4.78 is 30.5. The van der Waals surface area contributed by atoms with Crippen LogP contribution >= 0.6 is 0 Å². The van der Waals surface area contributed by atoms with Gasteiger partial charge < -0.3 is 14.5 Å². The molecular formula is C24H28N4O4S. The van der Waals surface area contributed by atoms with E-state index in [0.29, 0.717) is 49.9 Å². The molecule has 8 nitrogen and oxygen atoms in total. The number of carbonyl (C=O) groups is 1. The van der Waals surface area contributed by atoms with Crippen LogP contribution in [0.1, 0.15) is 17.5 Å². The Morgan fingerprint density at radius 2 is 1.73 bits per heavy atom. The quantitative estimate of drug-likeness (QED) is 0.586. The molecule has 1 aromatic carbocycles. The lowest BCUT2D eigenvalue weighted by Gasteiger charge is -2.21. The van der Waals surface area contributed by atoms with Crippen molar-refractivity contribution in [2.24, 2.45) is 11.8 Å². The van der Waals surface area contributed by atoms with Crippen molar-refractivity contribution in [2.45, 2.75) is 17.7 Å². The molecule has 9 heteroatoms. The third-order valence-electron chi connectivity index (χ3n) is 6.42. The van der Waals surface area contributed by atoms with Crippen LogP contribution in [0.2, 0.25) is 0 Å². The number of benzene rings is 1. The van der Waals surface area contributed by atoms with E-state index < -0.39 is 9.84 Å².